The van der Waals surface area contributed by atoms with E-state index in [0.29, 0.717) is 44.3 Å². The van der Waals surface area contributed by atoms with Gasteiger partial charge >= 0.3 is 18.2 Å². The summed E-state index contributed by atoms with van der Waals surface area (Å²) >= 11 is 7.06. The second-order valence-electron chi connectivity index (χ2n) is 23.7. The summed E-state index contributed by atoms with van der Waals surface area (Å²) in [5, 5.41) is 35.8. The molecule has 4 amide bonds. The summed E-state index contributed by atoms with van der Waals surface area (Å²) < 4.78 is 10.5. The highest BCUT2D eigenvalue weighted by molar-refractivity contribution is 8.21. The van der Waals surface area contributed by atoms with E-state index in [1.54, 1.807) is 113 Å². The van der Waals surface area contributed by atoms with Gasteiger partial charge < -0.3 is 35.4 Å². The molecule has 6 rings (SSSR count). The van der Waals surface area contributed by atoms with E-state index >= 15 is 0 Å². The highest BCUT2D eigenvalue weighted by Crippen LogP contribution is 2.53. The Labute approximate surface area is 515 Å². The quantitative estimate of drug-likeness (QED) is 0.0692. The van der Waals surface area contributed by atoms with Crippen LogP contribution in [0.2, 0.25) is 0 Å². The number of benzene rings is 2. The summed E-state index contributed by atoms with van der Waals surface area (Å²) in [7, 11) is 0. The van der Waals surface area contributed by atoms with Crippen molar-refractivity contribution in [2.45, 2.75) is 210 Å². The molecular formula is C62H94N4O14S4. The number of ether oxygens (including phenoxy) is 2. The number of Topliss-reactive ketones (excluding diaryl/α,β-unsaturated/α-hetero) is 4. The zero-order valence-electron chi connectivity index (χ0n) is 50.3. The van der Waals surface area contributed by atoms with E-state index in [1.165, 1.54) is 16.7 Å². The van der Waals surface area contributed by atoms with Gasteiger partial charge in [-0.3, -0.25) is 38.6 Å². The zero-order valence-corrected chi connectivity index (χ0v) is 53.5. The molecular weight excluding hydrogens is 1150 g/mol. The van der Waals surface area contributed by atoms with Gasteiger partial charge in [0.2, 0.25) is 11.8 Å². The number of thioether (sulfide) groups is 4. The molecule has 0 radical (unpaired) electrons. The van der Waals surface area contributed by atoms with Gasteiger partial charge in [-0.1, -0.05) is 102 Å². The van der Waals surface area contributed by atoms with Crippen molar-refractivity contribution in [1.82, 2.24) is 20.4 Å². The maximum Gasteiger partial charge on any atom is 0.411 e. The van der Waals surface area contributed by atoms with Crippen LogP contribution >= 0.6 is 47.0 Å². The van der Waals surface area contributed by atoms with E-state index in [2.05, 4.69) is 10.6 Å². The van der Waals surface area contributed by atoms with Crippen LogP contribution in [0.25, 0.3) is 0 Å². The van der Waals surface area contributed by atoms with Crippen LogP contribution in [-0.4, -0.2) is 158 Å². The molecule has 0 aliphatic carbocycles. The van der Waals surface area contributed by atoms with E-state index in [-0.39, 0.29) is 82.9 Å². The molecule has 4 aliphatic rings. The van der Waals surface area contributed by atoms with Crippen molar-refractivity contribution < 1.29 is 67.9 Å². The number of nitrogens with one attached hydrogen (secondary N) is 2. The smallest absolute Gasteiger partial charge is 0.411 e. The van der Waals surface area contributed by atoms with Gasteiger partial charge in [0, 0.05) is 81.0 Å². The number of hydrogen-bond acceptors (Lipinski definition) is 17. The zero-order chi connectivity index (χ0) is 61.9. The number of rotatable bonds is 23. The molecule has 0 bridgehead atoms. The number of aliphatic hydroxyl groups is 2. The average molecular weight is 1250 g/mol. The Bertz CT molecular complexity index is 2500. The van der Waals surface area contributed by atoms with Gasteiger partial charge in [-0.2, -0.15) is 0 Å². The molecule has 2 spiro atoms. The maximum absolute atomic E-state index is 13.7. The van der Waals surface area contributed by atoms with Gasteiger partial charge in [-0.25, -0.2) is 14.4 Å². The first-order valence-corrected chi connectivity index (χ1v) is 32.8. The summed E-state index contributed by atoms with van der Waals surface area (Å²) in [5.74, 6) is 0.459. The molecule has 2 aromatic rings. The van der Waals surface area contributed by atoms with Gasteiger partial charge in [0.25, 0.3) is 0 Å². The minimum atomic E-state index is -1.42. The highest BCUT2D eigenvalue weighted by Gasteiger charge is 2.54. The summed E-state index contributed by atoms with van der Waals surface area (Å²) in [6, 6.07) is 16.2. The largest absolute Gasteiger partial charge is 0.480 e. The normalized spacial score (nSPS) is 19.8. The number of carboxylic acids is 1. The Morgan fingerprint density at radius 1 is 0.619 bits per heavy atom. The van der Waals surface area contributed by atoms with Crippen LogP contribution in [0.1, 0.15) is 177 Å². The number of nitrogens with zero attached hydrogens (tertiary/aromatic N) is 2. The Morgan fingerprint density at radius 3 is 1.46 bits per heavy atom. The number of aliphatic carboxylic acids is 1. The molecule has 4 saturated heterocycles. The molecule has 4 aliphatic heterocycles. The maximum atomic E-state index is 13.7. The van der Waals surface area contributed by atoms with Gasteiger partial charge in [0.05, 0.1) is 20.2 Å². The van der Waals surface area contributed by atoms with Crippen LogP contribution in [0.5, 0.6) is 0 Å². The van der Waals surface area contributed by atoms with Crippen LogP contribution in [0.4, 0.5) is 9.59 Å². The van der Waals surface area contributed by atoms with Gasteiger partial charge in [-0.05, 0) is 91.2 Å². The lowest BCUT2D eigenvalue weighted by molar-refractivity contribution is -0.142. The average Bonchev–Trinajstić information content (AvgIpc) is 2.13. The molecule has 84 heavy (non-hydrogen) atoms. The third kappa shape index (κ3) is 23.2. The van der Waals surface area contributed by atoms with Crippen molar-refractivity contribution in [3.63, 3.8) is 0 Å². The number of ketones is 4. The molecule has 4 unspecified atom stereocenters. The van der Waals surface area contributed by atoms with Crippen molar-refractivity contribution in [1.29, 1.82) is 0 Å². The molecule has 0 aromatic heterocycles. The molecule has 470 valence electrons. The van der Waals surface area contributed by atoms with Gasteiger partial charge in [-0.15, -0.1) is 47.0 Å². The first kappa shape index (κ1) is 73.6. The third-order valence-corrected chi connectivity index (χ3v) is 21.2. The van der Waals surface area contributed by atoms with Crippen LogP contribution in [0.3, 0.4) is 0 Å². The second-order valence-corrected chi connectivity index (χ2v) is 30.2. The monoisotopic (exact) mass is 1250 g/mol. The van der Waals surface area contributed by atoms with Crippen molar-refractivity contribution >= 4 is 100 Å². The van der Waals surface area contributed by atoms with Crippen LogP contribution in [0.15, 0.2) is 60.7 Å². The molecule has 8 atom stereocenters. The van der Waals surface area contributed by atoms with Crippen LogP contribution < -0.4 is 10.6 Å². The fourth-order valence-corrected chi connectivity index (χ4v) is 16.7. The third-order valence-electron chi connectivity index (χ3n) is 14.4. The summed E-state index contributed by atoms with van der Waals surface area (Å²) in [6.07, 6.45) is 0.149. The van der Waals surface area contributed by atoms with E-state index in [0.717, 1.165) is 41.4 Å². The lowest BCUT2D eigenvalue weighted by Gasteiger charge is -2.29. The Morgan fingerprint density at radius 2 is 1.04 bits per heavy atom. The lowest BCUT2D eigenvalue weighted by Crippen LogP contribution is -2.45. The lowest BCUT2D eigenvalue weighted by atomic mass is 9.86. The fraction of sp³-hybridized carbons (Fsp3) is 0.661. The summed E-state index contributed by atoms with van der Waals surface area (Å²) in [4.78, 5) is 115. The fourth-order valence-electron chi connectivity index (χ4n) is 10.2. The van der Waals surface area contributed by atoms with Gasteiger partial charge in [0.15, 0.2) is 23.1 Å². The standard InChI is InChI=1S/C31H44N2O7S2.C18H27NO3.C12H19NO4S2.CH4/c1-6-10-22(28(38)24(35)13-14-26(37)32-27(20(2)34)21-11-8-7-9-12-21)17-25(36)23-18-31(41-15-16-42-31)19-33(23)29(39)40-30(3,4)5;1-4-8-13(2)18(22)16(20)11-12-17(21)19-14(3)15-9-6-5-7-10-15;1-11(2,3)17-10(16)13-7-12(18-4-5-19-12)6-8(13)9(14)15;/h7-9,11-12,22-23,27-28,38H,6,10,13-19H2,1-5H3,(H,32,37);5-7,9-10,13-14,18,22H,4,8,11-12H2,1-3H3,(H,19,21);8H,4-7H2,1-3H3,(H,14,15);1H4/t22?,23-,27+,28?;13?,14-,18?;8-;/m010./s1. The van der Waals surface area contributed by atoms with Crippen LogP contribution in [0, 0.1) is 11.8 Å². The topological polar surface area (TPSA) is 263 Å². The first-order valence-electron chi connectivity index (χ1n) is 28.8. The minimum absolute atomic E-state index is 0. The second kappa shape index (κ2) is 34.1. The molecule has 4 fully saturated rings. The number of aliphatic hydroxyl groups excluding tert-OH is 2. The molecule has 22 heteroatoms. The number of carbonyl (C=O) groups excluding carboxylic acids is 8. The Balaban J connectivity index is 0.000000368. The number of carbonyl (C=O) groups is 9. The summed E-state index contributed by atoms with van der Waals surface area (Å²) in [6.45, 7) is 20.7. The van der Waals surface area contributed by atoms with Crippen molar-refractivity contribution in [3.8, 4) is 0 Å². The van der Waals surface area contributed by atoms with Crippen molar-refractivity contribution in [2.24, 2.45) is 11.8 Å². The van der Waals surface area contributed by atoms with E-state index in [1.807, 2.05) is 64.1 Å². The minimum Gasteiger partial charge on any atom is -0.480 e. The van der Waals surface area contributed by atoms with Crippen LogP contribution in [-0.2, 0) is 43.0 Å². The molecule has 2 aromatic carbocycles. The number of carboxylic acid groups (broad SMARTS) is 1. The van der Waals surface area contributed by atoms with E-state index < -0.39 is 77.3 Å². The molecule has 4 heterocycles. The molecule has 0 saturated carbocycles. The van der Waals surface area contributed by atoms with Crippen molar-refractivity contribution in [2.75, 3.05) is 36.1 Å². The Hall–Kier alpha value is -4.61. The van der Waals surface area contributed by atoms with Crippen molar-refractivity contribution in [3.05, 3.63) is 71.8 Å². The first-order chi connectivity index (χ1) is 38.9. The number of amides is 4. The van der Waals surface area contributed by atoms with Gasteiger partial charge in [0.1, 0.15) is 35.5 Å². The van der Waals surface area contributed by atoms with E-state index in [4.69, 9.17) is 9.47 Å². The molecule has 18 nitrogen and oxygen atoms in total. The predicted molar refractivity (Wildman–Crippen MR) is 336 cm³/mol. The number of likely N-dealkylation sites (tertiary alicyclic amines) is 2. The summed E-state index contributed by atoms with van der Waals surface area (Å²) in [5.41, 5.74) is 0.362. The Kier molecular flexibility index (Phi) is 29.9. The number of hydrogen-bond donors (Lipinski definition) is 5. The molecule has 5 N–H and O–H groups in total. The SMILES string of the molecule is C.CC(C)(C)OC(=O)N1CC2(C[C@H]1C(=O)O)SCCS2.CCCC(C)C(O)C(=O)CCC(=O)N[C@H](C)c1ccccc1.CCCC(CC(=O)[C@@H]1CC2(CN1C(=O)OC(C)(C)C)SCCS2)C(O)C(=O)CCC(=O)N[C@H](C(C)=O)c1ccccc1. The van der Waals surface area contributed by atoms with E-state index in [9.17, 15) is 58.5 Å². The predicted octanol–water partition coefficient (Wildman–Crippen LogP) is 10.6. The highest BCUT2D eigenvalue weighted by atomic mass is 32.2.